The molecule has 2 N–H and O–H groups in total. The molecule has 7 heteroatoms. The van der Waals surface area contributed by atoms with E-state index in [4.69, 9.17) is 0 Å². The summed E-state index contributed by atoms with van der Waals surface area (Å²) in [5, 5.41) is 18.2. The molecule has 90 valence electrons. The van der Waals surface area contributed by atoms with Crippen LogP contribution in [-0.2, 0) is 0 Å². The lowest BCUT2D eigenvalue weighted by Crippen LogP contribution is -2.39. The largest absolute Gasteiger partial charge is 0.367 e. The monoisotopic (exact) mass is 233 g/mol. The molecule has 0 aromatic carbocycles. The Balaban J connectivity index is 1.69. The first-order chi connectivity index (χ1) is 8.43. The number of nitrogens with zero attached hydrogens (tertiary/aromatic N) is 5. The van der Waals surface area contributed by atoms with E-state index in [9.17, 15) is 0 Å². The number of aromatic nitrogens is 5. The van der Waals surface area contributed by atoms with Crippen molar-refractivity contribution in [2.45, 2.75) is 25.3 Å². The Labute approximate surface area is 98.6 Å². The molecule has 3 heterocycles. The van der Waals surface area contributed by atoms with Crippen LogP contribution >= 0.6 is 0 Å². The molecule has 1 aliphatic heterocycles. The second-order valence-corrected chi connectivity index (χ2v) is 4.27. The maximum Gasteiger partial charge on any atom is 0.199 e. The second kappa shape index (κ2) is 4.62. The summed E-state index contributed by atoms with van der Waals surface area (Å²) in [7, 11) is 0. The van der Waals surface area contributed by atoms with E-state index in [2.05, 4.69) is 31.1 Å². The Kier molecular flexibility index (Phi) is 2.83. The number of hydrogen-bond donors (Lipinski definition) is 2. The van der Waals surface area contributed by atoms with E-state index in [0.29, 0.717) is 11.7 Å². The van der Waals surface area contributed by atoms with Gasteiger partial charge in [-0.3, -0.25) is 4.98 Å². The highest BCUT2D eigenvalue weighted by Gasteiger charge is 2.12. The van der Waals surface area contributed by atoms with Crippen molar-refractivity contribution in [3.8, 4) is 0 Å². The molecule has 1 unspecified atom stereocenters. The normalized spacial score (nSPS) is 20.6. The van der Waals surface area contributed by atoms with Crippen molar-refractivity contribution in [1.82, 2.24) is 30.3 Å². The molecule has 1 atom stereocenters. The smallest absolute Gasteiger partial charge is 0.199 e. The summed E-state index contributed by atoms with van der Waals surface area (Å²) in [4.78, 5) is 4.10. The van der Waals surface area contributed by atoms with Crippen molar-refractivity contribution in [3.63, 3.8) is 0 Å². The predicted molar refractivity (Wildman–Crippen MR) is 62.7 cm³/mol. The van der Waals surface area contributed by atoms with E-state index >= 15 is 0 Å². The minimum Gasteiger partial charge on any atom is -0.367 e. The van der Waals surface area contributed by atoms with Gasteiger partial charge in [-0.1, -0.05) is 6.42 Å². The first kappa shape index (κ1) is 10.4. The van der Waals surface area contributed by atoms with Crippen LogP contribution in [0.4, 0.5) is 5.82 Å². The average molecular weight is 233 g/mol. The van der Waals surface area contributed by atoms with Crippen LogP contribution in [0.3, 0.4) is 0 Å². The number of piperidine rings is 1. The fraction of sp³-hybridized carbons (Fsp3) is 0.600. The SMILES string of the molecule is c1ncc2nnnn2c1NCC1CCCCN1. The Morgan fingerprint density at radius 2 is 2.41 bits per heavy atom. The Hall–Kier alpha value is -1.76. The lowest BCUT2D eigenvalue weighted by molar-refractivity contribution is 0.413. The fourth-order valence-corrected chi connectivity index (χ4v) is 2.12. The molecule has 2 aromatic heterocycles. The molecule has 2 aromatic rings. The lowest BCUT2D eigenvalue weighted by atomic mass is 10.1. The lowest BCUT2D eigenvalue weighted by Gasteiger charge is -2.23. The summed E-state index contributed by atoms with van der Waals surface area (Å²) < 4.78 is 1.66. The Morgan fingerprint density at radius 3 is 3.29 bits per heavy atom. The molecule has 1 saturated heterocycles. The third-order valence-corrected chi connectivity index (χ3v) is 3.05. The zero-order chi connectivity index (χ0) is 11.5. The van der Waals surface area contributed by atoms with Crippen molar-refractivity contribution in [2.24, 2.45) is 0 Å². The highest BCUT2D eigenvalue weighted by molar-refractivity contribution is 5.43. The number of tetrazole rings is 1. The van der Waals surface area contributed by atoms with Crippen LogP contribution in [0.15, 0.2) is 12.4 Å². The standard InChI is InChI=1S/C10H15N7/c1-2-4-12-8(3-1)5-13-9-6-11-7-10-14-15-16-17(9)10/h6-8,12-13H,1-5H2. The fourth-order valence-electron chi connectivity index (χ4n) is 2.12. The van der Waals surface area contributed by atoms with E-state index in [1.54, 1.807) is 16.9 Å². The van der Waals surface area contributed by atoms with Gasteiger partial charge in [0.05, 0.1) is 12.4 Å². The third kappa shape index (κ3) is 2.19. The molecule has 0 radical (unpaired) electrons. The van der Waals surface area contributed by atoms with Crippen molar-refractivity contribution < 1.29 is 0 Å². The van der Waals surface area contributed by atoms with Crippen molar-refractivity contribution in [3.05, 3.63) is 12.4 Å². The van der Waals surface area contributed by atoms with Crippen LogP contribution in [-0.4, -0.2) is 44.2 Å². The summed E-state index contributed by atoms with van der Waals surface area (Å²) in [6.45, 7) is 1.99. The minimum atomic E-state index is 0.524. The summed E-state index contributed by atoms with van der Waals surface area (Å²) in [5.74, 6) is 0.833. The molecule has 17 heavy (non-hydrogen) atoms. The summed E-state index contributed by atoms with van der Waals surface area (Å²) in [6.07, 6.45) is 7.18. The molecule has 3 rings (SSSR count). The molecule has 0 amide bonds. The Morgan fingerprint density at radius 1 is 1.41 bits per heavy atom. The highest BCUT2D eigenvalue weighted by atomic mass is 15.5. The molecule has 0 saturated carbocycles. The highest BCUT2D eigenvalue weighted by Crippen LogP contribution is 2.09. The van der Waals surface area contributed by atoms with Crippen LogP contribution in [0.2, 0.25) is 0 Å². The van der Waals surface area contributed by atoms with Gasteiger partial charge in [0.25, 0.3) is 0 Å². The van der Waals surface area contributed by atoms with E-state index < -0.39 is 0 Å². The molecular weight excluding hydrogens is 218 g/mol. The van der Waals surface area contributed by atoms with Gasteiger partial charge < -0.3 is 10.6 Å². The van der Waals surface area contributed by atoms with Gasteiger partial charge in [0, 0.05) is 12.6 Å². The molecule has 0 bridgehead atoms. The zero-order valence-electron chi connectivity index (χ0n) is 9.50. The molecule has 0 aliphatic carbocycles. The van der Waals surface area contributed by atoms with Crippen molar-refractivity contribution >= 4 is 11.5 Å². The zero-order valence-corrected chi connectivity index (χ0v) is 9.50. The van der Waals surface area contributed by atoms with Crippen LogP contribution in [0, 0.1) is 0 Å². The van der Waals surface area contributed by atoms with Gasteiger partial charge in [0.15, 0.2) is 5.65 Å². The van der Waals surface area contributed by atoms with Gasteiger partial charge in [-0.25, -0.2) is 0 Å². The van der Waals surface area contributed by atoms with Gasteiger partial charge >= 0.3 is 0 Å². The number of nitrogens with one attached hydrogen (secondary N) is 2. The number of anilines is 1. The molecular formula is C10H15N7. The first-order valence-corrected chi connectivity index (χ1v) is 5.93. The van der Waals surface area contributed by atoms with Crippen LogP contribution in [0.5, 0.6) is 0 Å². The van der Waals surface area contributed by atoms with Gasteiger partial charge in [0.2, 0.25) is 0 Å². The van der Waals surface area contributed by atoms with E-state index in [0.717, 1.165) is 18.9 Å². The number of hydrogen-bond acceptors (Lipinski definition) is 6. The predicted octanol–water partition coefficient (Wildman–Crippen LogP) is 0.0733. The second-order valence-electron chi connectivity index (χ2n) is 4.27. The van der Waals surface area contributed by atoms with Gasteiger partial charge in [-0.2, -0.15) is 4.52 Å². The third-order valence-electron chi connectivity index (χ3n) is 3.05. The van der Waals surface area contributed by atoms with Crippen LogP contribution in [0.1, 0.15) is 19.3 Å². The van der Waals surface area contributed by atoms with E-state index in [1.807, 2.05) is 0 Å². The van der Waals surface area contributed by atoms with Crippen molar-refractivity contribution in [1.29, 1.82) is 0 Å². The molecule has 0 spiro atoms. The van der Waals surface area contributed by atoms with Gasteiger partial charge in [0.1, 0.15) is 5.82 Å². The maximum absolute atomic E-state index is 4.10. The number of rotatable bonds is 3. The molecule has 1 fully saturated rings. The quantitative estimate of drug-likeness (QED) is 0.781. The maximum atomic E-state index is 4.10. The van der Waals surface area contributed by atoms with E-state index in [1.165, 1.54) is 19.3 Å². The van der Waals surface area contributed by atoms with Crippen LogP contribution < -0.4 is 10.6 Å². The molecule has 7 nitrogen and oxygen atoms in total. The Bertz CT molecular complexity index is 488. The van der Waals surface area contributed by atoms with Gasteiger partial charge in [-0.15, -0.1) is 5.10 Å². The summed E-state index contributed by atoms with van der Waals surface area (Å²) >= 11 is 0. The summed E-state index contributed by atoms with van der Waals surface area (Å²) in [5.41, 5.74) is 0.659. The minimum absolute atomic E-state index is 0.524. The van der Waals surface area contributed by atoms with Crippen LogP contribution in [0.25, 0.3) is 5.65 Å². The van der Waals surface area contributed by atoms with Gasteiger partial charge in [-0.05, 0) is 29.8 Å². The topological polar surface area (TPSA) is 80.0 Å². The number of fused-ring (bicyclic) bond motifs is 1. The first-order valence-electron chi connectivity index (χ1n) is 5.93. The summed E-state index contributed by atoms with van der Waals surface area (Å²) in [6, 6.07) is 0.524. The van der Waals surface area contributed by atoms with Crippen molar-refractivity contribution in [2.75, 3.05) is 18.4 Å². The molecule has 1 aliphatic rings. The average Bonchev–Trinajstić information content (AvgIpc) is 2.86. The van der Waals surface area contributed by atoms with E-state index in [-0.39, 0.29) is 0 Å².